The van der Waals surface area contributed by atoms with Gasteiger partial charge >= 0.3 is 5.97 Å². The van der Waals surface area contributed by atoms with E-state index in [1.807, 2.05) is 20.8 Å². The summed E-state index contributed by atoms with van der Waals surface area (Å²) in [4.78, 5) is 16.3. The number of aliphatic hydroxyl groups excluding tert-OH is 1. The van der Waals surface area contributed by atoms with Gasteiger partial charge in [-0.25, -0.2) is 0 Å². The van der Waals surface area contributed by atoms with E-state index in [2.05, 4.69) is 4.98 Å². The number of hydrogen-bond acceptors (Lipinski definition) is 4. The van der Waals surface area contributed by atoms with Crippen molar-refractivity contribution in [1.82, 2.24) is 4.98 Å². The third-order valence-corrected chi connectivity index (χ3v) is 2.62. The Balaban J connectivity index is 2.83. The molecule has 0 aliphatic heterocycles. The first-order valence-corrected chi connectivity index (χ1v) is 6.62. The van der Waals surface area contributed by atoms with Gasteiger partial charge in [-0.3, -0.25) is 9.78 Å². The summed E-state index contributed by atoms with van der Waals surface area (Å²) in [6, 6.07) is 3.53. The molecule has 0 saturated heterocycles. The van der Waals surface area contributed by atoms with Gasteiger partial charge in [0, 0.05) is 6.20 Å². The summed E-state index contributed by atoms with van der Waals surface area (Å²) >= 11 is 0. The van der Waals surface area contributed by atoms with Gasteiger partial charge < -0.3 is 9.84 Å². The molecule has 0 spiro atoms. The van der Waals surface area contributed by atoms with Crippen molar-refractivity contribution in [3.05, 3.63) is 35.7 Å². The van der Waals surface area contributed by atoms with E-state index in [0.717, 1.165) is 5.56 Å². The van der Waals surface area contributed by atoms with Crippen molar-refractivity contribution in [1.29, 1.82) is 0 Å². The number of carbonyl (C=O) groups is 1. The number of hydrogen-bond donors (Lipinski definition) is 1. The van der Waals surface area contributed by atoms with Gasteiger partial charge in [-0.05, 0) is 58.4 Å². The summed E-state index contributed by atoms with van der Waals surface area (Å²) < 4.78 is 5.39. The Hall–Kier alpha value is -1.68. The van der Waals surface area contributed by atoms with E-state index in [4.69, 9.17) is 9.84 Å². The predicted octanol–water partition coefficient (Wildman–Crippen LogP) is 2.96. The van der Waals surface area contributed by atoms with E-state index in [0.29, 0.717) is 5.69 Å². The molecule has 0 radical (unpaired) electrons. The Morgan fingerprint density at radius 2 is 2.00 bits per heavy atom. The highest BCUT2D eigenvalue weighted by atomic mass is 16.6. The molecule has 1 aromatic rings. The summed E-state index contributed by atoms with van der Waals surface area (Å²) in [6.07, 6.45) is 5.17. The van der Waals surface area contributed by atoms with Crippen molar-refractivity contribution in [2.24, 2.45) is 5.41 Å². The Kier molecular flexibility index (Phi) is 5.06. The molecule has 20 heavy (non-hydrogen) atoms. The molecular weight excluding hydrogens is 254 g/mol. The zero-order valence-corrected chi connectivity index (χ0v) is 12.8. The van der Waals surface area contributed by atoms with Gasteiger partial charge in [-0.15, -0.1) is 0 Å². The number of aromatic nitrogens is 1. The molecular formula is C16H23NO3. The van der Waals surface area contributed by atoms with Crippen molar-refractivity contribution >= 4 is 12.0 Å². The smallest absolute Gasteiger partial charge is 0.315 e. The van der Waals surface area contributed by atoms with Crippen molar-refractivity contribution in [3.63, 3.8) is 0 Å². The molecule has 4 nitrogen and oxygen atoms in total. The quantitative estimate of drug-likeness (QED) is 0.860. The summed E-state index contributed by atoms with van der Waals surface area (Å²) in [7, 11) is 0. The summed E-state index contributed by atoms with van der Waals surface area (Å²) in [5.74, 6) is -0.278. The fourth-order valence-corrected chi connectivity index (χ4v) is 1.46. The fraction of sp³-hybridized carbons (Fsp3) is 0.500. The Morgan fingerprint density at radius 3 is 2.55 bits per heavy atom. The minimum atomic E-state index is -0.732. The lowest BCUT2D eigenvalue weighted by Crippen LogP contribution is -2.32. The van der Waals surface area contributed by atoms with Crippen LogP contribution in [0.15, 0.2) is 24.4 Å². The third kappa shape index (κ3) is 5.13. The second-order valence-corrected chi connectivity index (χ2v) is 6.30. The highest BCUT2D eigenvalue weighted by Gasteiger charge is 2.30. The molecule has 110 valence electrons. The number of esters is 1. The Labute approximate surface area is 120 Å². The SMILES string of the molecule is CC(C)(C)OC(=O)C(C)(C)/C=C/c1cc(CO)ccn1. The zero-order chi connectivity index (χ0) is 15.4. The van der Waals surface area contributed by atoms with Gasteiger partial charge in [-0.1, -0.05) is 6.08 Å². The van der Waals surface area contributed by atoms with Crippen LogP contribution in [0.1, 0.15) is 45.9 Å². The van der Waals surface area contributed by atoms with Crippen molar-refractivity contribution < 1.29 is 14.6 Å². The molecule has 0 aliphatic carbocycles. The maximum atomic E-state index is 12.1. The Morgan fingerprint density at radius 1 is 1.35 bits per heavy atom. The van der Waals surface area contributed by atoms with Gasteiger partial charge in [0.1, 0.15) is 5.60 Å². The molecule has 0 atom stereocenters. The van der Waals surface area contributed by atoms with Crippen LogP contribution in [-0.2, 0) is 16.1 Å². The van der Waals surface area contributed by atoms with E-state index >= 15 is 0 Å². The maximum absolute atomic E-state index is 12.1. The van der Waals surface area contributed by atoms with Crippen molar-refractivity contribution in [3.8, 4) is 0 Å². The molecule has 4 heteroatoms. The lowest BCUT2D eigenvalue weighted by molar-refractivity contribution is -0.162. The normalized spacial score (nSPS) is 12.7. The van der Waals surface area contributed by atoms with E-state index in [9.17, 15) is 4.79 Å². The number of rotatable bonds is 4. The molecule has 0 fully saturated rings. The van der Waals surface area contributed by atoms with Crippen LogP contribution in [0.25, 0.3) is 6.08 Å². The lowest BCUT2D eigenvalue weighted by atomic mass is 9.92. The monoisotopic (exact) mass is 277 g/mol. The van der Waals surface area contributed by atoms with Crippen molar-refractivity contribution in [2.45, 2.75) is 46.8 Å². The number of ether oxygens (including phenoxy) is 1. The van der Waals surface area contributed by atoms with E-state index < -0.39 is 11.0 Å². The Bertz CT molecular complexity index is 499. The highest BCUT2D eigenvalue weighted by Crippen LogP contribution is 2.24. The number of aliphatic hydroxyl groups is 1. The molecule has 0 aliphatic rings. The second kappa shape index (κ2) is 6.18. The second-order valence-electron chi connectivity index (χ2n) is 6.30. The predicted molar refractivity (Wildman–Crippen MR) is 78.8 cm³/mol. The van der Waals surface area contributed by atoms with Gasteiger partial charge in [0.05, 0.1) is 17.7 Å². The molecule has 0 unspecified atom stereocenters. The van der Waals surface area contributed by atoms with E-state index in [-0.39, 0.29) is 12.6 Å². The number of nitrogens with zero attached hydrogens (tertiary/aromatic N) is 1. The average molecular weight is 277 g/mol. The molecule has 1 heterocycles. The van der Waals surface area contributed by atoms with E-state index in [1.165, 1.54) is 0 Å². The van der Waals surface area contributed by atoms with Crippen LogP contribution >= 0.6 is 0 Å². The van der Waals surface area contributed by atoms with Crippen LogP contribution in [0.2, 0.25) is 0 Å². The highest BCUT2D eigenvalue weighted by molar-refractivity contribution is 5.79. The van der Waals surface area contributed by atoms with Crippen molar-refractivity contribution in [2.75, 3.05) is 0 Å². The van der Waals surface area contributed by atoms with Gasteiger partial charge in [0.2, 0.25) is 0 Å². The van der Waals surface area contributed by atoms with Crippen LogP contribution in [0, 0.1) is 5.41 Å². The topological polar surface area (TPSA) is 59.4 Å². The van der Waals surface area contributed by atoms with Crippen LogP contribution in [0.3, 0.4) is 0 Å². The number of pyridine rings is 1. The number of carbonyl (C=O) groups excluding carboxylic acids is 1. The summed E-state index contributed by atoms with van der Waals surface area (Å²) in [6.45, 7) is 9.10. The largest absolute Gasteiger partial charge is 0.459 e. The first kappa shape index (κ1) is 16.4. The first-order chi connectivity index (χ1) is 9.14. The first-order valence-electron chi connectivity index (χ1n) is 6.62. The van der Waals surface area contributed by atoms with E-state index in [1.54, 1.807) is 44.3 Å². The molecule has 0 aromatic carbocycles. The fourth-order valence-electron chi connectivity index (χ4n) is 1.46. The van der Waals surface area contributed by atoms with Gasteiger partial charge in [-0.2, -0.15) is 0 Å². The van der Waals surface area contributed by atoms with Crippen LogP contribution in [0.5, 0.6) is 0 Å². The molecule has 0 saturated carbocycles. The molecule has 0 amide bonds. The maximum Gasteiger partial charge on any atom is 0.315 e. The molecule has 1 rings (SSSR count). The molecule has 1 N–H and O–H groups in total. The minimum Gasteiger partial charge on any atom is -0.459 e. The van der Waals surface area contributed by atoms with Gasteiger partial charge in [0.15, 0.2) is 0 Å². The lowest BCUT2D eigenvalue weighted by Gasteiger charge is -2.26. The minimum absolute atomic E-state index is 0.0289. The van der Waals surface area contributed by atoms with Gasteiger partial charge in [0.25, 0.3) is 0 Å². The van der Waals surface area contributed by atoms with Crippen LogP contribution < -0.4 is 0 Å². The molecule has 0 bridgehead atoms. The molecule has 1 aromatic heterocycles. The standard InChI is InChI=1S/C16H23NO3/c1-15(2,3)20-14(19)16(4,5)8-6-13-10-12(11-18)7-9-17-13/h6-10,18H,11H2,1-5H3/b8-6+. The average Bonchev–Trinajstić information content (AvgIpc) is 2.35. The summed E-state index contributed by atoms with van der Waals surface area (Å²) in [5, 5.41) is 9.08. The third-order valence-electron chi connectivity index (χ3n) is 2.62. The van der Waals surface area contributed by atoms with Crippen LogP contribution in [-0.4, -0.2) is 21.7 Å². The van der Waals surface area contributed by atoms with Crippen LogP contribution in [0.4, 0.5) is 0 Å². The zero-order valence-electron chi connectivity index (χ0n) is 12.8. The summed E-state index contributed by atoms with van der Waals surface area (Å²) in [5.41, 5.74) is 0.254.